The number of benzene rings is 1. The summed E-state index contributed by atoms with van der Waals surface area (Å²) in [6.07, 6.45) is 3.06. The minimum atomic E-state index is -0.170. The lowest BCUT2D eigenvalue weighted by Crippen LogP contribution is -2.49. The number of esters is 1. The van der Waals surface area contributed by atoms with Gasteiger partial charge >= 0.3 is 5.97 Å². The minimum Gasteiger partial charge on any atom is -0.466 e. The molecule has 2 aliphatic heterocycles. The van der Waals surface area contributed by atoms with Crippen LogP contribution in [0.15, 0.2) is 30.3 Å². The average Bonchev–Trinajstić information content (AvgIpc) is 3.22. The van der Waals surface area contributed by atoms with Gasteiger partial charge in [0.2, 0.25) is 11.8 Å². The highest BCUT2D eigenvalue weighted by atomic mass is 16.5. The molecular formula is C23H33N3O4. The number of piperidine rings is 1. The molecule has 0 radical (unpaired) electrons. The van der Waals surface area contributed by atoms with Crippen molar-refractivity contribution in [2.24, 2.45) is 5.92 Å². The number of carbonyl (C=O) groups excluding carboxylic acids is 3. The van der Waals surface area contributed by atoms with Crippen LogP contribution in [-0.4, -0.2) is 78.4 Å². The fourth-order valence-electron chi connectivity index (χ4n) is 4.37. The van der Waals surface area contributed by atoms with E-state index < -0.39 is 0 Å². The highest BCUT2D eigenvalue weighted by Crippen LogP contribution is 2.22. The smallest absolute Gasteiger partial charge is 0.309 e. The predicted molar refractivity (Wildman–Crippen MR) is 113 cm³/mol. The van der Waals surface area contributed by atoms with Crippen molar-refractivity contribution in [3.63, 3.8) is 0 Å². The Labute approximate surface area is 179 Å². The summed E-state index contributed by atoms with van der Waals surface area (Å²) in [7, 11) is 1.71. The molecule has 2 saturated heterocycles. The molecule has 1 aromatic rings. The number of likely N-dealkylation sites (tertiary alicyclic amines) is 2. The van der Waals surface area contributed by atoms with Crippen LogP contribution in [0.25, 0.3) is 0 Å². The highest BCUT2D eigenvalue weighted by Gasteiger charge is 2.34. The van der Waals surface area contributed by atoms with Crippen molar-refractivity contribution in [3.05, 3.63) is 35.9 Å². The van der Waals surface area contributed by atoms with Crippen LogP contribution in [0.4, 0.5) is 0 Å². The van der Waals surface area contributed by atoms with E-state index in [9.17, 15) is 14.4 Å². The van der Waals surface area contributed by atoms with Gasteiger partial charge in [0, 0.05) is 26.7 Å². The Balaban J connectivity index is 1.49. The van der Waals surface area contributed by atoms with E-state index in [-0.39, 0.29) is 36.3 Å². The fourth-order valence-corrected chi connectivity index (χ4v) is 4.37. The van der Waals surface area contributed by atoms with Crippen molar-refractivity contribution >= 4 is 17.8 Å². The van der Waals surface area contributed by atoms with Gasteiger partial charge in [-0.15, -0.1) is 0 Å². The second-order valence-electron chi connectivity index (χ2n) is 8.22. The summed E-state index contributed by atoms with van der Waals surface area (Å²) >= 11 is 0. The zero-order valence-corrected chi connectivity index (χ0v) is 18.1. The number of amides is 2. The van der Waals surface area contributed by atoms with Crippen molar-refractivity contribution in [1.82, 2.24) is 14.7 Å². The Morgan fingerprint density at radius 1 is 1.07 bits per heavy atom. The third kappa shape index (κ3) is 5.59. The zero-order valence-electron chi connectivity index (χ0n) is 18.1. The summed E-state index contributed by atoms with van der Waals surface area (Å²) in [6.45, 7) is 4.98. The molecule has 0 aliphatic carbocycles. The van der Waals surface area contributed by atoms with E-state index in [0.717, 1.165) is 25.9 Å². The third-order valence-electron chi connectivity index (χ3n) is 6.09. The minimum absolute atomic E-state index is 0.0122. The molecule has 0 bridgehead atoms. The van der Waals surface area contributed by atoms with Gasteiger partial charge in [-0.1, -0.05) is 30.3 Å². The van der Waals surface area contributed by atoms with Crippen molar-refractivity contribution in [2.45, 2.75) is 45.2 Å². The molecule has 0 N–H and O–H groups in total. The number of nitrogens with zero attached hydrogens (tertiary/aromatic N) is 3. The van der Waals surface area contributed by atoms with Crippen molar-refractivity contribution in [3.8, 4) is 0 Å². The van der Waals surface area contributed by atoms with Crippen molar-refractivity contribution < 1.29 is 19.1 Å². The lowest BCUT2D eigenvalue weighted by Gasteiger charge is -2.33. The summed E-state index contributed by atoms with van der Waals surface area (Å²) in [5.74, 6) is -0.339. The van der Waals surface area contributed by atoms with Crippen LogP contribution in [0.2, 0.25) is 0 Å². The molecule has 30 heavy (non-hydrogen) atoms. The van der Waals surface area contributed by atoms with Gasteiger partial charge in [-0.05, 0) is 44.7 Å². The van der Waals surface area contributed by atoms with Crippen molar-refractivity contribution in [1.29, 1.82) is 0 Å². The molecule has 2 fully saturated rings. The molecule has 164 valence electrons. The molecule has 2 heterocycles. The van der Waals surface area contributed by atoms with Crippen LogP contribution in [0, 0.1) is 5.92 Å². The number of carbonyl (C=O) groups is 3. The van der Waals surface area contributed by atoms with Crippen LogP contribution < -0.4 is 0 Å². The van der Waals surface area contributed by atoms with E-state index in [1.165, 1.54) is 5.56 Å². The third-order valence-corrected chi connectivity index (χ3v) is 6.09. The summed E-state index contributed by atoms with van der Waals surface area (Å²) < 4.78 is 5.08. The molecular weight excluding hydrogens is 382 g/mol. The Bertz CT molecular complexity index is 731. The van der Waals surface area contributed by atoms with E-state index in [4.69, 9.17) is 4.74 Å². The predicted octanol–water partition coefficient (Wildman–Crippen LogP) is 1.91. The number of rotatable bonds is 7. The van der Waals surface area contributed by atoms with Crippen molar-refractivity contribution in [2.75, 3.05) is 39.8 Å². The van der Waals surface area contributed by atoms with Gasteiger partial charge < -0.3 is 14.5 Å². The fraction of sp³-hybridized carbons (Fsp3) is 0.609. The molecule has 1 unspecified atom stereocenters. The molecule has 1 atom stereocenters. The molecule has 2 aliphatic rings. The van der Waals surface area contributed by atoms with E-state index in [1.807, 2.05) is 18.2 Å². The second-order valence-corrected chi connectivity index (χ2v) is 8.22. The first kappa shape index (κ1) is 22.3. The lowest BCUT2D eigenvalue weighted by molar-refractivity contribution is -0.151. The van der Waals surface area contributed by atoms with Crippen LogP contribution in [-0.2, 0) is 25.7 Å². The van der Waals surface area contributed by atoms with Gasteiger partial charge in [0.1, 0.15) is 0 Å². The number of hydrogen-bond donors (Lipinski definition) is 0. The van der Waals surface area contributed by atoms with E-state index >= 15 is 0 Å². The maximum atomic E-state index is 13.0. The van der Waals surface area contributed by atoms with E-state index in [2.05, 4.69) is 17.0 Å². The van der Waals surface area contributed by atoms with Gasteiger partial charge in [-0.2, -0.15) is 0 Å². The topological polar surface area (TPSA) is 70.2 Å². The molecule has 0 aromatic heterocycles. The standard InChI is InChI=1S/C23H33N3O4/c1-3-30-23(29)19-11-14-25(15-12-19)21(27)17-24(2)22(28)20-10-7-13-26(20)16-18-8-5-4-6-9-18/h4-6,8-9,19-20H,3,7,10-17H2,1-2H3. The number of likely N-dealkylation sites (N-methyl/N-ethyl adjacent to an activating group) is 1. The second kappa shape index (κ2) is 10.6. The Kier molecular flexibility index (Phi) is 7.85. The van der Waals surface area contributed by atoms with Gasteiger partial charge in [-0.3, -0.25) is 19.3 Å². The summed E-state index contributed by atoms with van der Waals surface area (Å²) in [5, 5.41) is 0. The zero-order chi connectivity index (χ0) is 21.5. The van der Waals surface area contributed by atoms with E-state index in [0.29, 0.717) is 32.5 Å². The number of hydrogen-bond acceptors (Lipinski definition) is 5. The van der Waals surface area contributed by atoms with Crippen LogP contribution in [0.1, 0.15) is 38.2 Å². The molecule has 7 nitrogen and oxygen atoms in total. The first-order valence-electron chi connectivity index (χ1n) is 11.0. The molecule has 7 heteroatoms. The van der Waals surface area contributed by atoms with Gasteiger partial charge in [-0.25, -0.2) is 0 Å². The maximum absolute atomic E-state index is 13.0. The summed E-state index contributed by atoms with van der Waals surface area (Å²) in [4.78, 5) is 43.1. The normalized spacial score (nSPS) is 20.2. The summed E-state index contributed by atoms with van der Waals surface area (Å²) in [5.41, 5.74) is 1.19. The van der Waals surface area contributed by atoms with Gasteiger partial charge in [0.25, 0.3) is 0 Å². The molecule has 0 saturated carbocycles. The monoisotopic (exact) mass is 415 g/mol. The lowest BCUT2D eigenvalue weighted by atomic mass is 9.97. The number of ether oxygens (including phenoxy) is 1. The molecule has 3 rings (SSSR count). The highest BCUT2D eigenvalue weighted by molar-refractivity contribution is 5.87. The summed E-state index contributed by atoms with van der Waals surface area (Å²) in [6, 6.07) is 10.00. The Hall–Kier alpha value is -2.41. The quantitative estimate of drug-likeness (QED) is 0.637. The molecule has 0 spiro atoms. The van der Waals surface area contributed by atoms with Gasteiger partial charge in [0.15, 0.2) is 0 Å². The Morgan fingerprint density at radius 2 is 1.77 bits per heavy atom. The van der Waals surface area contributed by atoms with Crippen LogP contribution in [0.5, 0.6) is 0 Å². The maximum Gasteiger partial charge on any atom is 0.309 e. The average molecular weight is 416 g/mol. The van der Waals surface area contributed by atoms with Gasteiger partial charge in [0.05, 0.1) is 25.1 Å². The first-order valence-corrected chi connectivity index (χ1v) is 11.0. The van der Waals surface area contributed by atoms with E-state index in [1.54, 1.807) is 23.8 Å². The largest absolute Gasteiger partial charge is 0.466 e. The first-order chi connectivity index (χ1) is 14.5. The molecule has 1 aromatic carbocycles. The van der Waals surface area contributed by atoms with Crippen LogP contribution in [0.3, 0.4) is 0 Å². The van der Waals surface area contributed by atoms with Crippen LogP contribution >= 0.6 is 0 Å². The SMILES string of the molecule is CCOC(=O)C1CCN(C(=O)CN(C)C(=O)C2CCCN2Cc2ccccc2)CC1. The Morgan fingerprint density at radius 3 is 2.43 bits per heavy atom. The molecule has 2 amide bonds.